The zero-order chi connectivity index (χ0) is 11.9. The van der Waals surface area contributed by atoms with E-state index in [2.05, 4.69) is 0 Å². The molecular weight excluding hydrogens is 206 g/mol. The molecule has 0 atom stereocenters. The molecule has 0 saturated heterocycles. The van der Waals surface area contributed by atoms with Gasteiger partial charge in [0.15, 0.2) is 5.78 Å². The second-order valence-electron chi connectivity index (χ2n) is 3.72. The molecule has 0 aliphatic rings. The first-order chi connectivity index (χ1) is 7.50. The summed E-state index contributed by atoms with van der Waals surface area (Å²) in [5, 5.41) is 9.73. The van der Waals surface area contributed by atoms with Crippen molar-refractivity contribution in [1.29, 1.82) is 0 Å². The minimum atomic E-state index is -0.969. The van der Waals surface area contributed by atoms with Gasteiger partial charge < -0.3 is 9.67 Å². The van der Waals surface area contributed by atoms with Gasteiger partial charge >= 0.3 is 5.97 Å². The maximum Gasteiger partial charge on any atom is 0.352 e. The summed E-state index contributed by atoms with van der Waals surface area (Å²) in [5.74, 6) is -0.995. The molecule has 0 fully saturated rings. The predicted octanol–water partition coefficient (Wildman–Crippen LogP) is 2.08. The lowest BCUT2D eigenvalue weighted by Gasteiger charge is -1.99. The lowest BCUT2D eigenvalue weighted by Crippen LogP contribution is -2.03. The molecule has 1 heterocycles. The van der Waals surface area contributed by atoms with Crippen molar-refractivity contribution in [2.45, 2.75) is 6.92 Å². The van der Waals surface area contributed by atoms with Crippen LogP contribution in [0.1, 0.15) is 27.8 Å². The van der Waals surface area contributed by atoms with Gasteiger partial charge in [0, 0.05) is 23.5 Å². The number of carbonyl (C=O) groups is 2. The van der Waals surface area contributed by atoms with E-state index >= 15 is 0 Å². The number of carbonyl (C=O) groups excluding carboxylic acids is 1. The molecular formula is C12H11NO3. The second-order valence-corrected chi connectivity index (χ2v) is 3.72. The molecule has 0 saturated carbocycles. The molecule has 1 aromatic heterocycles. The van der Waals surface area contributed by atoms with Gasteiger partial charge in [-0.15, -0.1) is 0 Å². The molecule has 0 amide bonds. The first-order valence-electron chi connectivity index (χ1n) is 4.84. The van der Waals surface area contributed by atoms with Crippen LogP contribution in [-0.4, -0.2) is 21.4 Å². The number of carboxylic acid groups (broad SMARTS) is 1. The molecule has 0 spiro atoms. The lowest BCUT2D eigenvalue weighted by molar-refractivity contribution is 0.0687. The van der Waals surface area contributed by atoms with Gasteiger partial charge in [-0.2, -0.15) is 0 Å². The van der Waals surface area contributed by atoms with Crippen molar-refractivity contribution < 1.29 is 14.7 Å². The highest BCUT2D eigenvalue weighted by atomic mass is 16.4. The molecule has 0 aliphatic heterocycles. The van der Waals surface area contributed by atoms with Crippen molar-refractivity contribution in [1.82, 2.24) is 4.57 Å². The number of ketones is 1. The molecule has 82 valence electrons. The van der Waals surface area contributed by atoms with E-state index in [1.807, 2.05) is 0 Å². The second kappa shape index (κ2) is 3.48. The van der Waals surface area contributed by atoms with Crippen molar-refractivity contribution in [3.63, 3.8) is 0 Å². The van der Waals surface area contributed by atoms with Crippen LogP contribution in [0.5, 0.6) is 0 Å². The summed E-state index contributed by atoms with van der Waals surface area (Å²) >= 11 is 0. The Labute approximate surface area is 92.1 Å². The Morgan fingerprint density at radius 1 is 1.25 bits per heavy atom. The smallest absolute Gasteiger partial charge is 0.352 e. The Balaban J connectivity index is 2.72. The van der Waals surface area contributed by atoms with Gasteiger partial charge in [0.2, 0.25) is 0 Å². The Kier molecular flexibility index (Phi) is 2.27. The number of Topliss-reactive ketones (excluding diaryl/α,β-unsaturated/α-hetero) is 1. The fourth-order valence-corrected chi connectivity index (χ4v) is 1.77. The van der Waals surface area contributed by atoms with Gasteiger partial charge in [0.05, 0.1) is 0 Å². The fourth-order valence-electron chi connectivity index (χ4n) is 1.77. The average Bonchev–Trinajstić information content (AvgIpc) is 2.55. The Morgan fingerprint density at radius 3 is 2.50 bits per heavy atom. The number of aromatic nitrogens is 1. The Hall–Kier alpha value is -2.10. The van der Waals surface area contributed by atoms with E-state index in [-0.39, 0.29) is 11.5 Å². The minimum Gasteiger partial charge on any atom is -0.477 e. The van der Waals surface area contributed by atoms with Crippen LogP contribution in [0.15, 0.2) is 24.3 Å². The SMILES string of the molecule is CC(=O)c1ccc2c(c1)cc(C(=O)O)n2C. The van der Waals surface area contributed by atoms with Gasteiger partial charge in [-0.1, -0.05) is 0 Å². The van der Waals surface area contributed by atoms with Crippen molar-refractivity contribution >= 4 is 22.7 Å². The average molecular weight is 217 g/mol. The van der Waals surface area contributed by atoms with E-state index < -0.39 is 5.97 Å². The third kappa shape index (κ3) is 1.48. The number of carboxylic acids is 1. The molecule has 2 aromatic rings. The van der Waals surface area contributed by atoms with Gasteiger partial charge in [-0.25, -0.2) is 4.79 Å². The first kappa shape index (κ1) is 10.4. The number of fused-ring (bicyclic) bond motifs is 1. The maximum absolute atomic E-state index is 11.2. The molecule has 0 radical (unpaired) electrons. The zero-order valence-electron chi connectivity index (χ0n) is 9.02. The molecule has 0 aliphatic carbocycles. The molecule has 0 unspecified atom stereocenters. The first-order valence-corrected chi connectivity index (χ1v) is 4.84. The summed E-state index contributed by atoms with van der Waals surface area (Å²) in [5.41, 5.74) is 1.62. The number of aromatic carboxylic acids is 1. The summed E-state index contributed by atoms with van der Waals surface area (Å²) < 4.78 is 1.60. The number of hydrogen-bond donors (Lipinski definition) is 1. The van der Waals surface area contributed by atoms with Crippen molar-refractivity contribution in [2.24, 2.45) is 7.05 Å². The van der Waals surface area contributed by atoms with Crippen molar-refractivity contribution in [2.75, 3.05) is 0 Å². The lowest BCUT2D eigenvalue weighted by atomic mass is 10.1. The Bertz CT molecular complexity index is 596. The maximum atomic E-state index is 11.2. The molecule has 2 rings (SSSR count). The normalized spacial score (nSPS) is 10.6. The summed E-state index contributed by atoms with van der Waals surface area (Å²) in [6.45, 7) is 1.49. The number of aryl methyl sites for hydroxylation is 1. The van der Waals surface area contributed by atoms with Crippen LogP contribution in [0.3, 0.4) is 0 Å². The standard InChI is InChI=1S/C12H11NO3/c1-7(14)8-3-4-10-9(5-8)6-11(12(15)16)13(10)2/h3-6H,1-2H3,(H,15,16). The van der Waals surface area contributed by atoms with Crippen LogP contribution in [0.2, 0.25) is 0 Å². The number of rotatable bonds is 2. The molecule has 1 aromatic carbocycles. The van der Waals surface area contributed by atoms with E-state index in [1.165, 1.54) is 6.92 Å². The third-order valence-electron chi connectivity index (χ3n) is 2.67. The topological polar surface area (TPSA) is 59.3 Å². The highest BCUT2D eigenvalue weighted by Gasteiger charge is 2.12. The van der Waals surface area contributed by atoms with Crippen LogP contribution in [0.25, 0.3) is 10.9 Å². The summed E-state index contributed by atoms with van der Waals surface area (Å²) in [6, 6.07) is 6.75. The molecule has 16 heavy (non-hydrogen) atoms. The predicted molar refractivity (Wildman–Crippen MR) is 59.9 cm³/mol. The summed E-state index contributed by atoms with van der Waals surface area (Å²) in [6.07, 6.45) is 0. The van der Waals surface area contributed by atoms with E-state index in [9.17, 15) is 9.59 Å². The van der Waals surface area contributed by atoms with Crippen LogP contribution < -0.4 is 0 Å². The van der Waals surface area contributed by atoms with Crippen LogP contribution in [-0.2, 0) is 7.05 Å². The van der Waals surface area contributed by atoms with Gasteiger partial charge in [0.1, 0.15) is 5.69 Å². The zero-order valence-corrected chi connectivity index (χ0v) is 9.02. The third-order valence-corrected chi connectivity index (χ3v) is 2.67. The monoisotopic (exact) mass is 217 g/mol. The highest BCUT2D eigenvalue weighted by Crippen LogP contribution is 2.20. The summed E-state index contributed by atoms with van der Waals surface area (Å²) in [4.78, 5) is 22.1. The van der Waals surface area contributed by atoms with E-state index in [4.69, 9.17) is 5.11 Å². The number of nitrogens with zero attached hydrogens (tertiary/aromatic N) is 1. The largest absolute Gasteiger partial charge is 0.477 e. The quantitative estimate of drug-likeness (QED) is 0.783. The van der Waals surface area contributed by atoms with E-state index in [1.54, 1.807) is 35.9 Å². The number of benzene rings is 1. The Morgan fingerprint density at radius 2 is 1.94 bits per heavy atom. The van der Waals surface area contributed by atoms with Gasteiger partial charge in [-0.3, -0.25) is 4.79 Å². The van der Waals surface area contributed by atoms with Crippen molar-refractivity contribution in [3.8, 4) is 0 Å². The van der Waals surface area contributed by atoms with Crippen LogP contribution >= 0.6 is 0 Å². The van der Waals surface area contributed by atoms with Gasteiger partial charge in [-0.05, 0) is 31.2 Å². The minimum absolute atomic E-state index is 0.0253. The highest BCUT2D eigenvalue weighted by molar-refractivity contribution is 6.00. The number of hydrogen-bond acceptors (Lipinski definition) is 2. The fraction of sp³-hybridized carbons (Fsp3) is 0.167. The van der Waals surface area contributed by atoms with Crippen LogP contribution in [0, 0.1) is 0 Å². The van der Waals surface area contributed by atoms with E-state index in [0.29, 0.717) is 5.56 Å². The molecule has 1 N–H and O–H groups in total. The summed E-state index contributed by atoms with van der Waals surface area (Å²) in [7, 11) is 1.69. The van der Waals surface area contributed by atoms with Crippen molar-refractivity contribution in [3.05, 3.63) is 35.5 Å². The van der Waals surface area contributed by atoms with Crippen LogP contribution in [0.4, 0.5) is 0 Å². The van der Waals surface area contributed by atoms with E-state index in [0.717, 1.165) is 10.9 Å². The van der Waals surface area contributed by atoms with Gasteiger partial charge in [0.25, 0.3) is 0 Å². The molecule has 4 nitrogen and oxygen atoms in total. The molecule has 4 heteroatoms. The molecule has 0 bridgehead atoms.